The maximum atomic E-state index is 12.5. The first-order chi connectivity index (χ1) is 12.4. The molecule has 0 amide bonds. The Labute approximate surface area is 154 Å². The summed E-state index contributed by atoms with van der Waals surface area (Å²) in [6.45, 7) is 5.59. The number of anilines is 2. The highest BCUT2D eigenvalue weighted by atomic mass is 32.2. The molecule has 1 saturated heterocycles. The highest BCUT2D eigenvalue weighted by Crippen LogP contribution is 2.19. The van der Waals surface area contributed by atoms with Crippen LogP contribution in [0.25, 0.3) is 0 Å². The van der Waals surface area contributed by atoms with Crippen molar-refractivity contribution in [2.45, 2.75) is 43.6 Å². The minimum absolute atomic E-state index is 0.181. The number of benzene rings is 1. The summed E-state index contributed by atoms with van der Waals surface area (Å²) >= 11 is 0. The van der Waals surface area contributed by atoms with Gasteiger partial charge in [0.25, 0.3) is 10.0 Å². The van der Waals surface area contributed by atoms with Crippen molar-refractivity contribution in [2.75, 3.05) is 23.2 Å². The summed E-state index contributed by atoms with van der Waals surface area (Å²) in [5.74, 6) is 1.12. The van der Waals surface area contributed by atoms with Gasteiger partial charge >= 0.3 is 0 Å². The van der Waals surface area contributed by atoms with Crippen molar-refractivity contribution < 1.29 is 13.2 Å². The van der Waals surface area contributed by atoms with Crippen LogP contribution in [0.5, 0.6) is 0 Å². The van der Waals surface area contributed by atoms with Crippen molar-refractivity contribution in [3.8, 4) is 0 Å². The predicted molar refractivity (Wildman–Crippen MR) is 101 cm³/mol. The number of rotatable bonds is 7. The van der Waals surface area contributed by atoms with Gasteiger partial charge in [-0.25, -0.2) is 8.42 Å². The Morgan fingerprint density at radius 2 is 1.81 bits per heavy atom. The molecule has 1 aromatic carbocycles. The summed E-state index contributed by atoms with van der Waals surface area (Å²) in [5.41, 5.74) is 1.09. The molecule has 0 bridgehead atoms. The van der Waals surface area contributed by atoms with E-state index in [9.17, 15) is 8.42 Å². The standard InChI is InChI=1S/C18H24N4O3S/c1-13(2)14-5-7-16(8-6-14)26(23,24)22-18-10-9-17(20-21-18)19-12-15-4-3-11-25-15/h5-10,13,15H,3-4,11-12H2,1-2H3,(H,19,20)(H,21,22). The summed E-state index contributed by atoms with van der Waals surface area (Å²) in [6.07, 6.45) is 2.31. The lowest BCUT2D eigenvalue weighted by molar-refractivity contribution is 0.120. The van der Waals surface area contributed by atoms with Crippen LogP contribution in [0.3, 0.4) is 0 Å². The van der Waals surface area contributed by atoms with E-state index in [4.69, 9.17) is 4.74 Å². The topological polar surface area (TPSA) is 93.2 Å². The molecule has 8 heteroatoms. The Morgan fingerprint density at radius 3 is 2.38 bits per heavy atom. The van der Waals surface area contributed by atoms with Crippen molar-refractivity contribution in [1.29, 1.82) is 0 Å². The number of aromatic nitrogens is 2. The van der Waals surface area contributed by atoms with Gasteiger partial charge < -0.3 is 10.1 Å². The lowest BCUT2D eigenvalue weighted by Gasteiger charge is -2.11. The second-order valence-corrected chi connectivity index (χ2v) is 8.33. The van der Waals surface area contributed by atoms with Gasteiger partial charge in [-0.1, -0.05) is 26.0 Å². The molecule has 7 nitrogen and oxygen atoms in total. The lowest BCUT2D eigenvalue weighted by atomic mass is 10.0. The van der Waals surface area contributed by atoms with Gasteiger partial charge in [0.2, 0.25) is 0 Å². The fraction of sp³-hybridized carbons (Fsp3) is 0.444. The van der Waals surface area contributed by atoms with Gasteiger partial charge in [0.15, 0.2) is 5.82 Å². The van der Waals surface area contributed by atoms with Crippen LogP contribution in [0.15, 0.2) is 41.3 Å². The van der Waals surface area contributed by atoms with Crippen molar-refractivity contribution in [3.63, 3.8) is 0 Å². The molecule has 3 rings (SSSR count). The zero-order chi connectivity index (χ0) is 18.6. The number of nitrogens with one attached hydrogen (secondary N) is 2. The van der Waals surface area contributed by atoms with Crippen LogP contribution in [-0.2, 0) is 14.8 Å². The molecule has 2 heterocycles. The molecule has 1 unspecified atom stereocenters. The summed E-state index contributed by atoms with van der Waals surface area (Å²) in [4.78, 5) is 0.198. The molecule has 26 heavy (non-hydrogen) atoms. The molecule has 1 atom stereocenters. The maximum Gasteiger partial charge on any atom is 0.263 e. The average Bonchev–Trinajstić information content (AvgIpc) is 3.14. The normalized spacial score (nSPS) is 17.4. The molecular weight excluding hydrogens is 352 g/mol. The molecule has 2 aromatic rings. The molecule has 2 N–H and O–H groups in total. The first kappa shape index (κ1) is 18.6. The Balaban J connectivity index is 1.61. The summed E-state index contributed by atoms with van der Waals surface area (Å²) < 4.78 is 32.9. The van der Waals surface area contributed by atoms with Gasteiger partial charge in [0, 0.05) is 13.2 Å². The van der Waals surface area contributed by atoms with E-state index in [1.807, 2.05) is 12.1 Å². The maximum absolute atomic E-state index is 12.5. The van der Waals surface area contributed by atoms with E-state index < -0.39 is 10.0 Å². The zero-order valence-electron chi connectivity index (χ0n) is 15.0. The Bertz CT molecular complexity index is 815. The van der Waals surface area contributed by atoms with E-state index >= 15 is 0 Å². The molecule has 0 saturated carbocycles. The Hall–Kier alpha value is -2.19. The van der Waals surface area contributed by atoms with Crippen LogP contribution in [0.1, 0.15) is 38.2 Å². The van der Waals surface area contributed by atoms with Gasteiger partial charge in [0.1, 0.15) is 5.82 Å². The third kappa shape index (κ3) is 4.70. The molecule has 0 aliphatic carbocycles. The predicted octanol–water partition coefficient (Wildman–Crippen LogP) is 2.99. The van der Waals surface area contributed by atoms with Crippen LogP contribution in [0, 0.1) is 0 Å². The molecule has 1 aliphatic heterocycles. The van der Waals surface area contributed by atoms with Crippen molar-refractivity contribution in [3.05, 3.63) is 42.0 Å². The van der Waals surface area contributed by atoms with E-state index in [2.05, 4.69) is 34.1 Å². The number of nitrogens with zero attached hydrogens (tertiary/aromatic N) is 2. The van der Waals surface area contributed by atoms with E-state index in [1.165, 1.54) is 0 Å². The number of hydrogen-bond acceptors (Lipinski definition) is 6. The van der Waals surface area contributed by atoms with Crippen LogP contribution < -0.4 is 10.0 Å². The monoisotopic (exact) mass is 376 g/mol. The minimum Gasteiger partial charge on any atom is -0.376 e. The molecule has 1 aliphatic rings. The first-order valence-corrected chi connectivity index (χ1v) is 10.2. The zero-order valence-corrected chi connectivity index (χ0v) is 15.8. The smallest absolute Gasteiger partial charge is 0.263 e. The summed E-state index contributed by atoms with van der Waals surface area (Å²) in [6, 6.07) is 10.1. The van der Waals surface area contributed by atoms with E-state index in [-0.39, 0.29) is 16.8 Å². The van der Waals surface area contributed by atoms with Gasteiger partial charge in [0.05, 0.1) is 11.0 Å². The molecule has 1 aromatic heterocycles. The fourth-order valence-electron chi connectivity index (χ4n) is 2.73. The summed E-state index contributed by atoms with van der Waals surface area (Å²) in [5, 5.41) is 11.1. The lowest BCUT2D eigenvalue weighted by Crippen LogP contribution is -2.19. The number of hydrogen-bond donors (Lipinski definition) is 2. The summed E-state index contributed by atoms with van der Waals surface area (Å²) in [7, 11) is -3.69. The van der Waals surface area contributed by atoms with E-state index in [1.54, 1.807) is 24.3 Å². The van der Waals surface area contributed by atoms with Gasteiger partial charge in [-0.05, 0) is 48.6 Å². The van der Waals surface area contributed by atoms with Crippen LogP contribution in [-0.4, -0.2) is 37.9 Å². The second-order valence-electron chi connectivity index (χ2n) is 6.65. The largest absolute Gasteiger partial charge is 0.376 e. The third-order valence-corrected chi connectivity index (χ3v) is 5.67. The SMILES string of the molecule is CC(C)c1ccc(S(=O)(=O)Nc2ccc(NCC3CCCO3)nn2)cc1. The molecule has 140 valence electrons. The minimum atomic E-state index is -3.69. The van der Waals surface area contributed by atoms with Crippen LogP contribution in [0.4, 0.5) is 11.6 Å². The molecule has 0 spiro atoms. The van der Waals surface area contributed by atoms with Crippen LogP contribution >= 0.6 is 0 Å². The van der Waals surface area contributed by atoms with Crippen LogP contribution in [0.2, 0.25) is 0 Å². The average molecular weight is 376 g/mol. The van der Waals surface area contributed by atoms with E-state index in [0.29, 0.717) is 18.3 Å². The quantitative estimate of drug-likeness (QED) is 0.772. The molecular formula is C18H24N4O3S. The molecule has 1 fully saturated rings. The third-order valence-electron chi connectivity index (χ3n) is 4.30. The fourth-order valence-corrected chi connectivity index (χ4v) is 3.73. The van der Waals surface area contributed by atoms with Gasteiger partial charge in [-0.2, -0.15) is 0 Å². The van der Waals surface area contributed by atoms with E-state index in [0.717, 1.165) is 25.0 Å². The Kier molecular flexibility index (Phi) is 5.73. The van der Waals surface area contributed by atoms with Crippen molar-refractivity contribution >= 4 is 21.7 Å². The highest BCUT2D eigenvalue weighted by Gasteiger charge is 2.17. The first-order valence-electron chi connectivity index (χ1n) is 8.76. The highest BCUT2D eigenvalue weighted by molar-refractivity contribution is 7.92. The van der Waals surface area contributed by atoms with Crippen molar-refractivity contribution in [2.24, 2.45) is 0 Å². The van der Waals surface area contributed by atoms with Crippen molar-refractivity contribution in [1.82, 2.24) is 10.2 Å². The second kappa shape index (κ2) is 8.01. The number of ether oxygens (including phenoxy) is 1. The number of sulfonamides is 1. The van der Waals surface area contributed by atoms with Gasteiger partial charge in [-0.15, -0.1) is 10.2 Å². The van der Waals surface area contributed by atoms with Gasteiger partial charge in [-0.3, -0.25) is 4.72 Å². The molecule has 0 radical (unpaired) electrons. The Morgan fingerprint density at radius 1 is 1.12 bits per heavy atom.